The number of ether oxygens (including phenoxy) is 3. The lowest BCUT2D eigenvalue weighted by molar-refractivity contribution is -0.163. The molecule has 0 heterocycles. The van der Waals surface area contributed by atoms with Crippen molar-refractivity contribution in [3.63, 3.8) is 0 Å². The molecule has 0 spiro atoms. The van der Waals surface area contributed by atoms with E-state index < -0.39 is 18.0 Å². The molecule has 0 N–H and O–H groups in total. The molecule has 0 aliphatic rings. The first-order chi connectivity index (χ1) is 8.08. The Bertz CT molecular complexity index is 402. The quantitative estimate of drug-likeness (QED) is 0.604. The monoisotopic (exact) mass is 258 g/mol. The fourth-order valence-corrected chi connectivity index (χ4v) is 1.26. The summed E-state index contributed by atoms with van der Waals surface area (Å²) in [4.78, 5) is 22.6. The van der Waals surface area contributed by atoms with Crippen molar-refractivity contribution in [2.45, 2.75) is 6.10 Å². The topological polar surface area (TPSA) is 61.8 Å². The Kier molecular flexibility index (Phi) is 4.78. The van der Waals surface area contributed by atoms with Gasteiger partial charge in [-0.15, -0.1) is 0 Å². The second kappa shape index (κ2) is 6.10. The maximum Gasteiger partial charge on any atom is 0.359 e. The van der Waals surface area contributed by atoms with E-state index >= 15 is 0 Å². The number of carbonyl (C=O) groups excluding carboxylic acids is 2. The predicted molar refractivity (Wildman–Crippen MR) is 59.9 cm³/mol. The molecule has 0 amide bonds. The fourth-order valence-electron chi connectivity index (χ4n) is 1.08. The number of esters is 2. The van der Waals surface area contributed by atoms with Gasteiger partial charge in [-0.25, -0.2) is 9.59 Å². The third-order valence-electron chi connectivity index (χ3n) is 1.88. The van der Waals surface area contributed by atoms with Gasteiger partial charge in [0, 0.05) is 5.02 Å². The highest BCUT2D eigenvalue weighted by Gasteiger charge is 2.30. The number of rotatable bonds is 4. The van der Waals surface area contributed by atoms with Crippen LogP contribution in [0.15, 0.2) is 24.3 Å². The molecule has 0 saturated heterocycles. The molecule has 1 aromatic carbocycles. The van der Waals surface area contributed by atoms with Crippen LogP contribution in [-0.2, 0) is 19.1 Å². The van der Waals surface area contributed by atoms with Crippen molar-refractivity contribution in [3.8, 4) is 5.75 Å². The van der Waals surface area contributed by atoms with Gasteiger partial charge in [-0.1, -0.05) is 17.7 Å². The lowest BCUT2D eigenvalue weighted by Crippen LogP contribution is -2.37. The van der Waals surface area contributed by atoms with E-state index in [0.717, 1.165) is 14.2 Å². The molecule has 0 fully saturated rings. The van der Waals surface area contributed by atoms with Crippen molar-refractivity contribution in [3.05, 3.63) is 29.3 Å². The molecule has 0 unspecified atom stereocenters. The van der Waals surface area contributed by atoms with Gasteiger partial charge in [0.25, 0.3) is 6.10 Å². The molecule has 0 radical (unpaired) electrons. The van der Waals surface area contributed by atoms with Gasteiger partial charge in [-0.3, -0.25) is 0 Å². The molecule has 0 bridgehead atoms. The van der Waals surface area contributed by atoms with Crippen LogP contribution in [0.4, 0.5) is 0 Å². The third-order valence-corrected chi connectivity index (χ3v) is 2.12. The van der Waals surface area contributed by atoms with Gasteiger partial charge in [-0.2, -0.15) is 0 Å². The van der Waals surface area contributed by atoms with Crippen molar-refractivity contribution in [1.82, 2.24) is 0 Å². The van der Waals surface area contributed by atoms with Crippen LogP contribution in [0.25, 0.3) is 0 Å². The van der Waals surface area contributed by atoms with E-state index in [2.05, 4.69) is 9.47 Å². The van der Waals surface area contributed by atoms with E-state index in [1.165, 1.54) is 6.07 Å². The van der Waals surface area contributed by atoms with Crippen LogP contribution in [0.2, 0.25) is 5.02 Å². The highest BCUT2D eigenvalue weighted by molar-refractivity contribution is 6.30. The minimum atomic E-state index is -1.46. The number of halogens is 1. The van der Waals surface area contributed by atoms with Crippen LogP contribution in [0.1, 0.15) is 0 Å². The van der Waals surface area contributed by atoms with Crippen LogP contribution in [0.5, 0.6) is 5.75 Å². The van der Waals surface area contributed by atoms with Crippen molar-refractivity contribution in [1.29, 1.82) is 0 Å². The van der Waals surface area contributed by atoms with Crippen LogP contribution >= 0.6 is 11.6 Å². The number of carbonyl (C=O) groups is 2. The summed E-state index contributed by atoms with van der Waals surface area (Å²) in [7, 11) is 2.30. The standard InChI is InChI=1S/C11H11ClO5/c1-15-10(13)9(11(14)16-2)17-8-5-3-4-7(12)6-8/h3-6,9H,1-2H3. The lowest BCUT2D eigenvalue weighted by atomic mass is 10.3. The predicted octanol–water partition coefficient (Wildman–Crippen LogP) is 1.43. The number of hydrogen-bond acceptors (Lipinski definition) is 5. The van der Waals surface area contributed by atoms with Crippen LogP contribution in [0.3, 0.4) is 0 Å². The molecule has 0 atom stereocenters. The van der Waals surface area contributed by atoms with Crippen molar-refractivity contribution in [2.75, 3.05) is 14.2 Å². The summed E-state index contributed by atoms with van der Waals surface area (Å²) in [5.41, 5.74) is 0. The first-order valence-electron chi connectivity index (χ1n) is 4.66. The Morgan fingerprint density at radius 2 is 1.76 bits per heavy atom. The Balaban J connectivity index is 2.86. The van der Waals surface area contributed by atoms with Crippen molar-refractivity contribution in [2.24, 2.45) is 0 Å². The first-order valence-corrected chi connectivity index (χ1v) is 5.04. The molecule has 92 valence electrons. The van der Waals surface area contributed by atoms with E-state index in [4.69, 9.17) is 16.3 Å². The number of hydrogen-bond donors (Lipinski definition) is 0. The van der Waals surface area contributed by atoms with Gasteiger partial charge in [0.2, 0.25) is 0 Å². The highest BCUT2D eigenvalue weighted by Crippen LogP contribution is 2.19. The molecule has 1 aromatic rings. The summed E-state index contributed by atoms with van der Waals surface area (Å²) in [5, 5.41) is 0.427. The van der Waals surface area contributed by atoms with Crippen LogP contribution in [-0.4, -0.2) is 32.3 Å². The molecule has 6 heteroatoms. The highest BCUT2D eigenvalue weighted by atomic mass is 35.5. The smallest absolute Gasteiger partial charge is 0.359 e. The third kappa shape index (κ3) is 3.64. The second-order valence-electron chi connectivity index (χ2n) is 3.00. The Morgan fingerprint density at radius 3 is 2.24 bits per heavy atom. The van der Waals surface area contributed by atoms with Gasteiger partial charge in [0.15, 0.2) is 0 Å². The number of methoxy groups -OCH3 is 2. The van der Waals surface area contributed by atoms with Gasteiger partial charge in [0.05, 0.1) is 14.2 Å². The molecular formula is C11H11ClO5. The van der Waals surface area contributed by atoms with Crippen molar-refractivity contribution >= 4 is 23.5 Å². The molecule has 0 saturated carbocycles. The molecule has 0 aliphatic carbocycles. The zero-order valence-corrected chi connectivity index (χ0v) is 10.1. The molecular weight excluding hydrogens is 248 g/mol. The summed E-state index contributed by atoms with van der Waals surface area (Å²) in [5.74, 6) is -1.40. The van der Waals surface area contributed by atoms with E-state index in [1.807, 2.05) is 0 Å². The molecule has 0 aliphatic heterocycles. The first kappa shape index (κ1) is 13.3. The van der Waals surface area contributed by atoms with Gasteiger partial charge in [-0.05, 0) is 18.2 Å². The maximum atomic E-state index is 11.3. The summed E-state index contributed by atoms with van der Waals surface area (Å²) >= 11 is 5.74. The zero-order chi connectivity index (χ0) is 12.8. The van der Waals surface area contributed by atoms with Gasteiger partial charge >= 0.3 is 11.9 Å². The van der Waals surface area contributed by atoms with E-state index in [0.29, 0.717) is 5.02 Å². The Hall–Kier alpha value is -1.75. The average molecular weight is 259 g/mol. The fraction of sp³-hybridized carbons (Fsp3) is 0.273. The van der Waals surface area contributed by atoms with Gasteiger partial charge in [0.1, 0.15) is 5.75 Å². The van der Waals surface area contributed by atoms with E-state index in [1.54, 1.807) is 18.2 Å². The largest absolute Gasteiger partial charge is 0.467 e. The zero-order valence-electron chi connectivity index (χ0n) is 9.31. The molecule has 0 aromatic heterocycles. The Morgan fingerprint density at radius 1 is 1.18 bits per heavy atom. The molecule has 1 rings (SSSR count). The SMILES string of the molecule is COC(=O)C(Oc1cccc(Cl)c1)C(=O)OC. The van der Waals surface area contributed by atoms with Crippen LogP contribution in [0, 0.1) is 0 Å². The van der Waals surface area contributed by atoms with Gasteiger partial charge < -0.3 is 14.2 Å². The average Bonchev–Trinajstić information content (AvgIpc) is 2.34. The second-order valence-corrected chi connectivity index (χ2v) is 3.44. The Labute approximate surface area is 103 Å². The maximum absolute atomic E-state index is 11.3. The molecule has 5 nitrogen and oxygen atoms in total. The minimum Gasteiger partial charge on any atom is -0.467 e. The number of benzene rings is 1. The summed E-state index contributed by atoms with van der Waals surface area (Å²) in [6.07, 6.45) is -1.46. The minimum absolute atomic E-state index is 0.276. The van der Waals surface area contributed by atoms with E-state index in [9.17, 15) is 9.59 Å². The summed E-state index contributed by atoms with van der Waals surface area (Å²) in [6.45, 7) is 0. The lowest BCUT2D eigenvalue weighted by Gasteiger charge is -2.14. The van der Waals surface area contributed by atoms with Crippen molar-refractivity contribution < 1.29 is 23.8 Å². The summed E-state index contributed by atoms with van der Waals surface area (Å²) in [6, 6.07) is 6.30. The summed E-state index contributed by atoms with van der Waals surface area (Å²) < 4.78 is 14.0. The normalized spacial score (nSPS) is 9.88. The van der Waals surface area contributed by atoms with Crippen LogP contribution < -0.4 is 4.74 Å². The molecule has 17 heavy (non-hydrogen) atoms. The van der Waals surface area contributed by atoms with E-state index in [-0.39, 0.29) is 5.75 Å².